The van der Waals surface area contributed by atoms with Crippen molar-refractivity contribution < 1.29 is 27.4 Å². The van der Waals surface area contributed by atoms with Gasteiger partial charge in [0.25, 0.3) is 10.0 Å². The number of sulfonamides is 1. The molecule has 0 aliphatic carbocycles. The second-order valence-electron chi connectivity index (χ2n) is 7.43. The van der Waals surface area contributed by atoms with Crippen LogP contribution < -0.4 is 23.8 Å². The van der Waals surface area contributed by atoms with E-state index >= 15 is 0 Å². The minimum atomic E-state index is -3.97. The SMILES string of the molecule is COc1ccc(CNC(=O)CN(c2ccccc2)S(=O)(=O)c2ccc(C)cc2)c(OC)c1OC. The first-order valence-corrected chi connectivity index (χ1v) is 11.9. The van der Waals surface area contributed by atoms with Gasteiger partial charge in [0, 0.05) is 12.1 Å². The Morgan fingerprint density at radius 1 is 0.853 bits per heavy atom. The molecule has 1 N–H and O–H groups in total. The standard InChI is InChI=1S/C25H28N2O6S/c1-18-10-13-21(14-11-18)34(29,30)27(20-8-6-5-7-9-20)17-23(28)26-16-19-12-15-22(31-2)25(33-4)24(19)32-3/h5-15H,16-17H2,1-4H3,(H,26,28). The van der Waals surface area contributed by atoms with E-state index in [1.54, 1.807) is 54.6 Å². The Balaban J connectivity index is 1.84. The number of rotatable bonds is 10. The molecule has 3 rings (SSSR count). The summed E-state index contributed by atoms with van der Waals surface area (Å²) in [7, 11) is 0.540. The molecule has 0 aromatic heterocycles. The number of benzene rings is 3. The molecule has 0 bridgehead atoms. The summed E-state index contributed by atoms with van der Waals surface area (Å²) in [5.74, 6) is 0.851. The number of ether oxygens (including phenoxy) is 3. The van der Waals surface area contributed by atoms with Gasteiger partial charge in [-0.15, -0.1) is 0 Å². The van der Waals surface area contributed by atoms with Crippen LogP contribution in [0.15, 0.2) is 71.6 Å². The summed E-state index contributed by atoms with van der Waals surface area (Å²) in [6.45, 7) is 1.59. The molecule has 0 radical (unpaired) electrons. The molecule has 0 heterocycles. The third kappa shape index (κ3) is 5.43. The number of aryl methyl sites for hydroxylation is 1. The molecule has 0 aliphatic heterocycles. The Bertz CT molecular complexity index is 1230. The molecule has 0 saturated heterocycles. The first-order valence-electron chi connectivity index (χ1n) is 10.5. The molecule has 0 spiro atoms. The number of hydrogen-bond donors (Lipinski definition) is 1. The normalized spacial score (nSPS) is 10.9. The fourth-order valence-corrected chi connectivity index (χ4v) is 4.85. The van der Waals surface area contributed by atoms with Crippen molar-refractivity contribution in [3.05, 3.63) is 77.9 Å². The third-order valence-corrected chi connectivity index (χ3v) is 6.99. The van der Waals surface area contributed by atoms with Crippen molar-refractivity contribution in [3.8, 4) is 17.2 Å². The molecule has 3 aromatic rings. The number of nitrogens with one attached hydrogen (secondary N) is 1. The van der Waals surface area contributed by atoms with Gasteiger partial charge in [0.1, 0.15) is 6.54 Å². The second kappa shape index (κ2) is 10.9. The Morgan fingerprint density at radius 3 is 2.09 bits per heavy atom. The number of nitrogens with zero attached hydrogens (tertiary/aromatic N) is 1. The van der Waals surface area contributed by atoms with Crippen LogP contribution in [0.2, 0.25) is 0 Å². The zero-order valence-corrected chi connectivity index (χ0v) is 20.4. The smallest absolute Gasteiger partial charge is 0.264 e. The largest absolute Gasteiger partial charge is 0.493 e. The fourth-order valence-electron chi connectivity index (χ4n) is 3.43. The maximum atomic E-state index is 13.4. The summed E-state index contributed by atoms with van der Waals surface area (Å²) in [5.41, 5.74) is 1.98. The zero-order valence-electron chi connectivity index (χ0n) is 19.6. The average Bonchev–Trinajstić information content (AvgIpc) is 2.85. The van der Waals surface area contributed by atoms with Crippen molar-refractivity contribution in [1.82, 2.24) is 5.32 Å². The lowest BCUT2D eigenvalue weighted by Crippen LogP contribution is -2.40. The molecule has 34 heavy (non-hydrogen) atoms. The number of para-hydroxylation sites is 1. The van der Waals surface area contributed by atoms with E-state index < -0.39 is 22.5 Å². The number of hydrogen-bond acceptors (Lipinski definition) is 6. The highest BCUT2D eigenvalue weighted by Crippen LogP contribution is 2.39. The summed E-state index contributed by atoms with van der Waals surface area (Å²) in [6, 6.07) is 18.5. The highest BCUT2D eigenvalue weighted by atomic mass is 32.2. The van der Waals surface area contributed by atoms with Gasteiger partial charge in [-0.2, -0.15) is 0 Å². The first-order chi connectivity index (χ1) is 16.3. The summed E-state index contributed by atoms with van der Waals surface area (Å²) in [6.07, 6.45) is 0. The number of methoxy groups -OCH3 is 3. The number of anilines is 1. The van der Waals surface area contributed by atoms with E-state index in [9.17, 15) is 13.2 Å². The topological polar surface area (TPSA) is 94.2 Å². The van der Waals surface area contributed by atoms with Gasteiger partial charge in [-0.05, 0) is 43.3 Å². The van der Waals surface area contributed by atoms with E-state index in [1.807, 2.05) is 6.92 Å². The van der Waals surface area contributed by atoms with E-state index in [2.05, 4.69) is 5.32 Å². The zero-order chi connectivity index (χ0) is 24.7. The predicted octanol–water partition coefficient (Wildman–Crippen LogP) is 3.53. The third-order valence-electron chi connectivity index (χ3n) is 5.20. The van der Waals surface area contributed by atoms with Crippen LogP contribution in [0.5, 0.6) is 17.2 Å². The van der Waals surface area contributed by atoms with Crippen molar-refractivity contribution in [2.45, 2.75) is 18.4 Å². The van der Waals surface area contributed by atoms with E-state index in [0.29, 0.717) is 28.5 Å². The molecule has 1 amide bonds. The quantitative estimate of drug-likeness (QED) is 0.473. The van der Waals surface area contributed by atoms with Crippen LogP contribution in [0.25, 0.3) is 0 Å². The van der Waals surface area contributed by atoms with Gasteiger partial charge in [0.2, 0.25) is 11.7 Å². The van der Waals surface area contributed by atoms with Crippen LogP contribution in [-0.4, -0.2) is 42.2 Å². The van der Waals surface area contributed by atoms with E-state index in [1.165, 1.54) is 33.5 Å². The Morgan fingerprint density at radius 2 is 1.50 bits per heavy atom. The number of amides is 1. The lowest BCUT2D eigenvalue weighted by atomic mass is 10.1. The van der Waals surface area contributed by atoms with Gasteiger partial charge < -0.3 is 19.5 Å². The summed E-state index contributed by atoms with van der Waals surface area (Å²) < 4.78 is 44.0. The van der Waals surface area contributed by atoms with Gasteiger partial charge in [0.15, 0.2) is 11.5 Å². The molecule has 0 saturated carbocycles. The van der Waals surface area contributed by atoms with Crippen LogP contribution in [0.4, 0.5) is 5.69 Å². The lowest BCUT2D eigenvalue weighted by molar-refractivity contribution is -0.119. The molecule has 0 atom stereocenters. The highest BCUT2D eigenvalue weighted by Gasteiger charge is 2.27. The molecule has 0 fully saturated rings. The average molecular weight is 485 g/mol. The first kappa shape index (κ1) is 24.9. The van der Waals surface area contributed by atoms with E-state index in [4.69, 9.17) is 14.2 Å². The summed E-state index contributed by atoms with van der Waals surface area (Å²) in [4.78, 5) is 13.0. The van der Waals surface area contributed by atoms with Crippen LogP contribution in [0.1, 0.15) is 11.1 Å². The van der Waals surface area contributed by atoms with Gasteiger partial charge in [-0.25, -0.2) is 8.42 Å². The Hall–Kier alpha value is -3.72. The Labute approximate surface area is 200 Å². The maximum Gasteiger partial charge on any atom is 0.264 e. The Kier molecular flexibility index (Phi) is 8.01. The number of carbonyl (C=O) groups excluding carboxylic acids is 1. The van der Waals surface area contributed by atoms with Crippen molar-refractivity contribution in [3.63, 3.8) is 0 Å². The van der Waals surface area contributed by atoms with E-state index in [0.717, 1.165) is 9.87 Å². The lowest BCUT2D eigenvalue weighted by Gasteiger charge is -2.24. The predicted molar refractivity (Wildman–Crippen MR) is 130 cm³/mol. The van der Waals surface area contributed by atoms with Crippen LogP contribution in [-0.2, 0) is 21.4 Å². The molecule has 180 valence electrons. The van der Waals surface area contributed by atoms with Crippen molar-refractivity contribution >= 4 is 21.6 Å². The van der Waals surface area contributed by atoms with Crippen LogP contribution >= 0.6 is 0 Å². The monoisotopic (exact) mass is 484 g/mol. The number of carbonyl (C=O) groups is 1. The van der Waals surface area contributed by atoms with Crippen molar-refractivity contribution in [1.29, 1.82) is 0 Å². The fraction of sp³-hybridized carbons (Fsp3) is 0.240. The van der Waals surface area contributed by atoms with Gasteiger partial charge >= 0.3 is 0 Å². The molecule has 0 aliphatic rings. The minimum Gasteiger partial charge on any atom is -0.493 e. The molecule has 0 unspecified atom stereocenters. The van der Waals surface area contributed by atoms with Crippen molar-refractivity contribution in [2.24, 2.45) is 0 Å². The summed E-state index contributed by atoms with van der Waals surface area (Å²) in [5, 5.41) is 2.77. The van der Waals surface area contributed by atoms with E-state index in [-0.39, 0.29) is 11.4 Å². The van der Waals surface area contributed by atoms with Gasteiger partial charge in [-0.1, -0.05) is 35.9 Å². The maximum absolute atomic E-state index is 13.4. The van der Waals surface area contributed by atoms with Crippen LogP contribution in [0.3, 0.4) is 0 Å². The van der Waals surface area contributed by atoms with Crippen molar-refractivity contribution in [2.75, 3.05) is 32.2 Å². The highest BCUT2D eigenvalue weighted by molar-refractivity contribution is 7.92. The van der Waals surface area contributed by atoms with Gasteiger partial charge in [-0.3, -0.25) is 9.10 Å². The minimum absolute atomic E-state index is 0.107. The molecule has 3 aromatic carbocycles. The van der Waals surface area contributed by atoms with Gasteiger partial charge in [0.05, 0.1) is 31.9 Å². The molecule has 8 nitrogen and oxygen atoms in total. The molecular weight excluding hydrogens is 456 g/mol. The second-order valence-corrected chi connectivity index (χ2v) is 9.29. The molecular formula is C25H28N2O6S. The van der Waals surface area contributed by atoms with Crippen LogP contribution in [0, 0.1) is 6.92 Å². The molecule has 9 heteroatoms. The summed E-state index contributed by atoms with van der Waals surface area (Å²) >= 11 is 0.